The highest BCUT2D eigenvalue weighted by atomic mass is 79.9. The van der Waals surface area contributed by atoms with Gasteiger partial charge in [0.2, 0.25) is 5.91 Å². The predicted octanol–water partition coefficient (Wildman–Crippen LogP) is 7.85. The van der Waals surface area contributed by atoms with Gasteiger partial charge in [0.05, 0.1) is 0 Å². The van der Waals surface area contributed by atoms with Gasteiger partial charge in [-0.05, 0) is 38.6 Å². The number of unbranched alkanes of at least 4 members (excludes halogenated alkanes) is 15. The molecule has 0 aliphatic heterocycles. The summed E-state index contributed by atoms with van der Waals surface area (Å²) in [5.74, 6) is 0.298. The molecule has 0 fully saturated rings. The molecule has 0 bridgehead atoms. The molecule has 0 spiro atoms. The van der Waals surface area contributed by atoms with Gasteiger partial charge in [0.25, 0.3) is 0 Å². The largest absolute Gasteiger partial charge is 0.356 e. The van der Waals surface area contributed by atoms with Crippen LogP contribution in [0.4, 0.5) is 0 Å². The van der Waals surface area contributed by atoms with Crippen molar-refractivity contribution in [2.75, 3.05) is 18.4 Å². The lowest BCUT2D eigenvalue weighted by atomic mass is 9.90. The molecule has 1 amide bonds. The highest BCUT2D eigenvalue weighted by molar-refractivity contribution is 9.09. The number of hydrogen-bond donors (Lipinski definition) is 2. The van der Waals surface area contributed by atoms with Crippen molar-refractivity contribution < 1.29 is 9.59 Å². The first-order chi connectivity index (χ1) is 16.2. The molecular weight excluding hydrogens is 476 g/mol. The van der Waals surface area contributed by atoms with E-state index in [-0.39, 0.29) is 11.8 Å². The molecule has 1 unspecified atom stereocenters. The van der Waals surface area contributed by atoms with Gasteiger partial charge in [-0.1, -0.05) is 113 Å². The summed E-state index contributed by atoms with van der Waals surface area (Å²) >= 11 is 3.48. The number of halogens is 1. The fraction of sp³-hybridized carbons (Fsp3) is 0.929. The monoisotopic (exact) mass is 530 g/mol. The number of amides is 1. The van der Waals surface area contributed by atoms with Crippen molar-refractivity contribution in [2.24, 2.45) is 11.7 Å². The third kappa shape index (κ3) is 23.1. The van der Waals surface area contributed by atoms with Crippen molar-refractivity contribution >= 4 is 27.6 Å². The Bertz CT molecular complexity index is 446. The molecule has 0 aromatic carbocycles. The molecule has 0 aromatic heterocycles. The molecule has 0 aliphatic rings. The molecule has 0 aromatic rings. The molecule has 3 N–H and O–H groups in total. The summed E-state index contributed by atoms with van der Waals surface area (Å²) in [6.45, 7) is 3.70. The number of nitrogens with one attached hydrogen (secondary N) is 1. The number of carbonyl (C=O) groups excluding carboxylic acids is 2. The Balaban J connectivity index is 4.18. The predicted molar refractivity (Wildman–Crippen MR) is 147 cm³/mol. The lowest BCUT2D eigenvalue weighted by molar-refractivity contribution is -0.129. The Morgan fingerprint density at radius 2 is 1.27 bits per heavy atom. The van der Waals surface area contributed by atoms with Crippen molar-refractivity contribution in [3.63, 3.8) is 0 Å². The van der Waals surface area contributed by atoms with Crippen molar-refractivity contribution in [2.45, 2.75) is 142 Å². The maximum atomic E-state index is 12.9. The van der Waals surface area contributed by atoms with E-state index < -0.39 is 0 Å². The van der Waals surface area contributed by atoms with Gasteiger partial charge < -0.3 is 11.1 Å². The molecule has 196 valence electrons. The van der Waals surface area contributed by atoms with E-state index in [1.54, 1.807) is 0 Å². The van der Waals surface area contributed by atoms with E-state index in [2.05, 4.69) is 28.2 Å². The zero-order chi connectivity index (χ0) is 24.4. The molecule has 0 aliphatic carbocycles. The van der Waals surface area contributed by atoms with E-state index in [0.717, 1.165) is 69.8 Å². The van der Waals surface area contributed by atoms with Gasteiger partial charge in [-0.3, -0.25) is 9.59 Å². The van der Waals surface area contributed by atoms with Crippen LogP contribution in [0.1, 0.15) is 142 Å². The van der Waals surface area contributed by atoms with E-state index >= 15 is 0 Å². The topological polar surface area (TPSA) is 72.2 Å². The maximum Gasteiger partial charge on any atom is 0.220 e. The Morgan fingerprint density at radius 3 is 1.85 bits per heavy atom. The number of alkyl halides is 1. The fourth-order valence-corrected chi connectivity index (χ4v) is 4.75. The van der Waals surface area contributed by atoms with Crippen LogP contribution in [0, 0.1) is 5.92 Å². The van der Waals surface area contributed by atoms with E-state index in [1.165, 1.54) is 70.6 Å². The minimum Gasteiger partial charge on any atom is -0.356 e. The standard InChI is InChI=1S/C28H55BrN2O2/c1-2-3-19-24-31-28(33)25-26(20-15-11-7-6-10-14-18-23-30)27(32)21-16-12-8-4-5-9-13-17-22-29/h26H,2-25,30H2,1H3,(H,31,33). The summed E-state index contributed by atoms with van der Waals surface area (Å²) in [5.41, 5.74) is 5.55. The van der Waals surface area contributed by atoms with Crippen LogP contribution in [0.25, 0.3) is 0 Å². The molecule has 0 saturated carbocycles. The van der Waals surface area contributed by atoms with E-state index in [0.29, 0.717) is 18.6 Å². The van der Waals surface area contributed by atoms with Crippen LogP contribution < -0.4 is 11.1 Å². The van der Waals surface area contributed by atoms with E-state index in [4.69, 9.17) is 5.73 Å². The van der Waals surface area contributed by atoms with Gasteiger partial charge in [0, 0.05) is 30.6 Å². The van der Waals surface area contributed by atoms with Crippen LogP contribution in [0.5, 0.6) is 0 Å². The molecule has 5 heteroatoms. The second kappa shape index (κ2) is 26.2. The molecular formula is C28H55BrN2O2. The molecule has 1 atom stereocenters. The van der Waals surface area contributed by atoms with E-state index in [1.807, 2.05) is 0 Å². The zero-order valence-corrected chi connectivity index (χ0v) is 23.4. The summed E-state index contributed by atoms with van der Waals surface area (Å²) in [4.78, 5) is 25.3. The summed E-state index contributed by atoms with van der Waals surface area (Å²) in [5, 5.41) is 4.15. The summed E-state index contributed by atoms with van der Waals surface area (Å²) in [6.07, 6.45) is 23.4. The first-order valence-electron chi connectivity index (χ1n) is 14.2. The second-order valence-corrected chi connectivity index (χ2v) is 10.5. The normalized spacial score (nSPS) is 12.1. The number of nitrogens with two attached hydrogens (primary N) is 1. The van der Waals surface area contributed by atoms with Crippen LogP contribution in [0.2, 0.25) is 0 Å². The number of ketones is 1. The highest BCUT2D eigenvalue weighted by Crippen LogP contribution is 2.20. The summed E-state index contributed by atoms with van der Waals surface area (Å²) in [6, 6.07) is 0. The lowest BCUT2D eigenvalue weighted by Crippen LogP contribution is -2.29. The molecule has 4 nitrogen and oxygen atoms in total. The van der Waals surface area contributed by atoms with Crippen molar-refractivity contribution in [3.05, 3.63) is 0 Å². The Kier molecular flexibility index (Phi) is 25.9. The average molecular weight is 532 g/mol. The smallest absolute Gasteiger partial charge is 0.220 e. The fourth-order valence-electron chi connectivity index (χ4n) is 4.35. The zero-order valence-electron chi connectivity index (χ0n) is 21.8. The Labute approximate surface area is 214 Å². The minimum absolute atomic E-state index is 0.0646. The third-order valence-electron chi connectivity index (χ3n) is 6.55. The van der Waals surface area contributed by atoms with Crippen LogP contribution >= 0.6 is 15.9 Å². The van der Waals surface area contributed by atoms with E-state index in [9.17, 15) is 9.59 Å². The number of hydrogen-bond acceptors (Lipinski definition) is 3. The molecule has 0 heterocycles. The molecule has 0 rings (SSSR count). The van der Waals surface area contributed by atoms with Gasteiger partial charge in [0.1, 0.15) is 5.78 Å². The van der Waals surface area contributed by atoms with Crippen LogP contribution in [0.15, 0.2) is 0 Å². The average Bonchev–Trinajstić information content (AvgIpc) is 2.81. The van der Waals surface area contributed by atoms with Gasteiger partial charge in [-0.2, -0.15) is 0 Å². The van der Waals surface area contributed by atoms with Gasteiger partial charge in [-0.25, -0.2) is 0 Å². The molecule has 0 saturated heterocycles. The van der Waals surface area contributed by atoms with Crippen molar-refractivity contribution in [3.8, 4) is 0 Å². The molecule has 0 radical (unpaired) electrons. The van der Waals surface area contributed by atoms with Crippen LogP contribution in [-0.2, 0) is 9.59 Å². The second-order valence-electron chi connectivity index (χ2n) is 9.74. The first-order valence-corrected chi connectivity index (χ1v) is 15.3. The maximum absolute atomic E-state index is 12.9. The summed E-state index contributed by atoms with van der Waals surface area (Å²) in [7, 11) is 0. The SMILES string of the molecule is CCCCCNC(=O)CC(CCCCCCCCCN)C(=O)CCCCCCCCCCBr. The van der Waals surface area contributed by atoms with Gasteiger partial charge >= 0.3 is 0 Å². The van der Waals surface area contributed by atoms with Crippen LogP contribution in [0.3, 0.4) is 0 Å². The van der Waals surface area contributed by atoms with Crippen molar-refractivity contribution in [1.82, 2.24) is 5.32 Å². The number of Topliss-reactive ketones (excluding diaryl/α,β-unsaturated/α-hetero) is 1. The third-order valence-corrected chi connectivity index (χ3v) is 7.11. The Morgan fingerprint density at radius 1 is 0.727 bits per heavy atom. The molecule has 33 heavy (non-hydrogen) atoms. The Hall–Kier alpha value is -0.420. The highest BCUT2D eigenvalue weighted by Gasteiger charge is 2.21. The lowest BCUT2D eigenvalue weighted by Gasteiger charge is -2.16. The first kappa shape index (κ1) is 32.6. The van der Waals surface area contributed by atoms with Gasteiger partial charge in [-0.15, -0.1) is 0 Å². The summed E-state index contributed by atoms with van der Waals surface area (Å²) < 4.78 is 0. The minimum atomic E-state index is -0.0855. The number of carbonyl (C=O) groups is 2. The van der Waals surface area contributed by atoms with Gasteiger partial charge in [0.15, 0.2) is 0 Å². The van der Waals surface area contributed by atoms with Crippen molar-refractivity contribution in [1.29, 1.82) is 0 Å². The van der Waals surface area contributed by atoms with Crippen LogP contribution in [-0.4, -0.2) is 30.1 Å². The number of rotatable bonds is 26. The quantitative estimate of drug-likeness (QED) is 0.0882.